The average molecular weight is 195 g/mol. The summed E-state index contributed by atoms with van der Waals surface area (Å²) >= 11 is 0. The van der Waals surface area contributed by atoms with Crippen LogP contribution in [0.2, 0.25) is 0 Å². The third-order valence-electron chi connectivity index (χ3n) is 2.58. The smallest absolute Gasteiger partial charge is 0.321 e. The topological polar surface area (TPSA) is 67.2 Å². The molecule has 1 atom stereocenters. The zero-order valence-electron chi connectivity index (χ0n) is 8.03. The van der Waals surface area contributed by atoms with Gasteiger partial charge in [0.25, 0.3) is 0 Å². The number of carboxylic acids is 1. The van der Waals surface area contributed by atoms with Gasteiger partial charge in [0.1, 0.15) is 6.04 Å². The molecule has 1 aliphatic heterocycles. The van der Waals surface area contributed by atoms with E-state index in [9.17, 15) is 4.79 Å². The summed E-state index contributed by atoms with van der Waals surface area (Å²) in [4.78, 5) is 15.0. The predicted octanol–water partition coefficient (Wildman–Crippen LogP) is 0.00190. The van der Waals surface area contributed by atoms with Crippen molar-refractivity contribution in [2.75, 3.05) is 0 Å². The molecule has 0 amide bonds. The molecule has 0 aliphatic carbocycles. The minimum Gasteiger partial charge on any atom is -0.480 e. The molecular formula is C9H13N3O2. The minimum atomic E-state index is -0.792. The number of aliphatic carboxylic acids is 1. The van der Waals surface area contributed by atoms with Crippen molar-refractivity contribution >= 4 is 5.97 Å². The van der Waals surface area contributed by atoms with Crippen molar-refractivity contribution in [3.05, 3.63) is 17.7 Å². The van der Waals surface area contributed by atoms with Gasteiger partial charge in [-0.2, -0.15) is 0 Å². The summed E-state index contributed by atoms with van der Waals surface area (Å²) in [6.45, 7) is 3.42. The summed E-state index contributed by atoms with van der Waals surface area (Å²) < 4.78 is 2.01. The standard InChI is InChI=1S/C9H13N3O2/c1-2-12-5-11-7-4-10-6(9(13)14)3-8(7)12/h5-6,10H,2-4H2,1H3,(H,13,14). The Balaban J connectivity index is 2.27. The Morgan fingerprint density at radius 3 is 3.29 bits per heavy atom. The molecule has 0 saturated heterocycles. The molecule has 2 heterocycles. The first kappa shape index (κ1) is 9.21. The number of aromatic nitrogens is 2. The number of hydrogen-bond donors (Lipinski definition) is 2. The van der Waals surface area contributed by atoms with Crippen molar-refractivity contribution in [3.8, 4) is 0 Å². The lowest BCUT2D eigenvalue weighted by Gasteiger charge is -2.20. The van der Waals surface area contributed by atoms with Gasteiger partial charge in [-0.15, -0.1) is 0 Å². The normalized spacial score (nSPS) is 20.5. The number of nitrogens with one attached hydrogen (secondary N) is 1. The van der Waals surface area contributed by atoms with Crippen LogP contribution in [0, 0.1) is 0 Å². The lowest BCUT2D eigenvalue weighted by Crippen LogP contribution is -2.42. The lowest BCUT2D eigenvalue weighted by molar-refractivity contribution is -0.139. The van der Waals surface area contributed by atoms with Gasteiger partial charge in [0, 0.05) is 25.2 Å². The molecule has 5 heteroatoms. The molecule has 0 aromatic carbocycles. The highest BCUT2D eigenvalue weighted by Crippen LogP contribution is 2.15. The van der Waals surface area contributed by atoms with Gasteiger partial charge in [-0.25, -0.2) is 4.98 Å². The Kier molecular flexibility index (Phi) is 2.25. The Morgan fingerprint density at radius 1 is 1.86 bits per heavy atom. The molecule has 1 unspecified atom stereocenters. The lowest BCUT2D eigenvalue weighted by atomic mass is 10.1. The molecular weight excluding hydrogens is 182 g/mol. The molecule has 1 aromatic heterocycles. The van der Waals surface area contributed by atoms with Gasteiger partial charge < -0.3 is 9.67 Å². The molecule has 2 N–H and O–H groups in total. The van der Waals surface area contributed by atoms with Gasteiger partial charge in [0.15, 0.2) is 0 Å². The molecule has 5 nitrogen and oxygen atoms in total. The quantitative estimate of drug-likeness (QED) is 0.697. The van der Waals surface area contributed by atoms with E-state index in [1.54, 1.807) is 6.33 Å². The second-order valence-electron chi connectivity index (χ2n) is 3.40. The number of hydrogen-bond acceptors (Lipinski definition) is 3. The van der Waals surface area contributed by atoms with Crippen LogP contribution in [0.15, 0.2) is 6.33 Å². The average Bonchev–Trinajstić information content (AvgIpc) is 2.59. The number of imidazole rings is 1. The first-order valence-electron chi connectivity index (χ1n) is 4.71. The van der Waals surface area contributed by atoms with Crippen LogP contribution in [0.25, 0.3) is 0 Å². The second kappa shape index (κ2) is 3.42. The number of rotatable bonds is 2. The zero-order chi connectivity index (χ0) is 10.1. The highest BCUT2D eigenvalue weighted by molar-refractivity contribution is 5.74. The molecule has 0 fully saturated rings. The van der Waals surface area contributed by atoms with Crippen molar-refractivity contribution in [3.63, 3.8) is 0 Å². The molecule has 0 bridgehead atoms. The summed E-state index contributed by atoms with van der Waals surface area (Å²) in [6.07, 6.45) is 2.30. The molecule has 14 heavy (non-hydrogen) atoms. The molecule has 76 valence electrons. The highest BCUT2D eigenvalue weighted by Gasteiger charge is 2.26. The molecule has 1 aromatic rings. The van der Waals surface area contributed by atoms with E-state index in [1.165, 1.54) is 0 Å². The van der Waals surface area contributed by atoms with Crippen LogP contribution in [0.1, 0.15) is 18.3 Å². The van der Waals surface area contributed by atoms with Crippen molar-refractivity contribution in [1.29, 1.82) is 0 Å². The summed E-state index contributed by atoms with van der Waals surface area (Å²) in [5.74, 6) is -0.792. The third kappa shape index (κ3) is 1.39. The van der Waals surface area contributed by atoms with Crippen molar-refractivity contribution in [1.82, 2.24) is 14.9 Å². The van der Waals surface area contributed by atoms with E-state index in [-0.39, 0.29) is 0 Å². The number of fused-ring (bicyclic) bond motifs is 1. The van der Waals surface area contributed by atoms with Crippen LogP contribution in [0.3, 0.4) is 0 Å². The Hall–Kier alpha value is -1.36. The van der Waals surface area contributed by atoms with Gasteiger partial charge in [-0.05, 0) is 6.92 Å². The van der Waals surface area contributed by atoms with Gasteiger partial charge >= 0.3 is 5.97 Å². The molecule has 1 aliphatic rings. The van der Waals surface area contributed by atoms with E-state index in [0.717, 1.165) is 17.9 Å². The fourth-order valence-electron chi connectivity index (χ4n) is 1.76. The Bertz CT molecular complexity index is 345. The van der Waals surface area contributed by atoms with E-state index in [4.69, 9.17) is 5.11 Å². The highest BCUT2D eigenvalue weighted by atomic mass is 16.4. The van der Waals surface area contributed by atoms with Crippen LogP contribution in [-0.4, -0.2) is 26.7 Å². The predicted molar refractivity (Wildman–Crippen MR) is 49.9 cm³/mol. The van der Waals surface area contributed by atoms with Gasteiger partial charge in [-0.1, -0.05) is 0 Å². The van der Waals surface area contributed by atoms with Crippen molar-refractivity contribution in [2.24, 2.45) is 0 Å². The van der Waals surface area contributed by atoms with E-state index in [1.807, 2.05) is 11.5 Å². The van der Waals surface area contributed by atoms with E-state index in [2.05, 4.69) is 10.3 Å². The van der Waals surface area contributed by atoms with Gasteiger partial charge in [-0.3, -0.25) is 10.1 Å². The SMILES string of the molecule is CCn1cnc2c1CC(C(=O)O)NC2. The molecule has 2 rings (SSSR count). The summed E-state index contributed by atoms with van der Waals surface area (Å²) in [6, 6.07) is -0.468. The van der Waals surface area contributed by atoms with E-state index >= 15 is 0 Å². The Labute approximate surface area is 81.8 Å². The summed E-state index contributed by atoms with van der Waals surface area (Å²) in [5, 5.41) is 11.8. The van der Waals surface area contributed by atoms with Crippen molar-refractivity contribution < 1.29 is 9.90 Å². The molecule has 0 spiro atoms. The second-order valence-corrected chi connectivity index (χ2v) is 3.40. The van der Waals surface area contributed by atoms with E-state index < -0.39 is 12.0 Å². The van der Waals surface area contributed by atoms with Gasteiger partial charge in [0.05, 0.1) is 12.0 Å². The molecule has 0 radical (unpaired) electrons. The van der Waals surface area contributed by atoms with Crippen LogP contribution in [0.5, 0.6) is 0 Å². The maximum absolute atomic E-state index is 10.8. The fraction of sp³-hybridized carbons (Fsp3) is 0.556. The first-order chi connectivity index (χ1) is 6.72. The number of nitrogens with zero attached hydrogens (tertiary/aromatic N) is 2. The number of aryl methyl sites for hydroxylation is 1. The zero-order valence-corrected chi connectivity index (χ0v) is 8.03. The largest absolute Gasteiger partial charge is 0.480 e. The number of carbonyl (C=O) groups is 1. The van der Waals surface area contributed by atoms with Crippen LogP contribution < -0.4 is 5.32 Å². The maximum Gasteiger partial charge on any atom is 0.321 e. The fourth-order valence-corrected chi connectivity index (χ4v) is 1.76. The van der Waals surface area contributed by atoms with Crippen LogP contribution in [0.4, 0.5) is 0 Å². The van der Waals surface area contributed by atoms with Gasteiger partial charge in [0.2, 0.25) is 0 Å². The van der Waals surface area contributed by atoms with Crippen LogP contribution in [-0.2, 0) is 24.3 Å². The third-order valence-corrected chi connectivity index (χ3v) is 2.58. The Morgan fingerprint density at radius 2 is 2.64 bits per heavy atom. The van der Waals surface area contributed by atoms with E-state index in [0.29, 0.717) is 13.0 Å². The summed E-state index contributed by atoms with van der Waals surface area (Å²) in [5.41, 5.74) is 2.03. The summed E-state index contributed by atoms with van der Waals surface area (Å²) in [7, 11) is 0. The minimum absolute atomic E-state index is 0.468. The molecule has 0 saturated carbocycles. The van der Waals surface area contributed by atoms with Crippen molar-refractivity contribution in [2.45, 2.75) is 32.5 Å². The van der Waals surface area contributed by atoms with Crippen LogP contribution >= 0.6 is 0 Å². The first-order valence-corrected chi connectivity index (χ1v) is 4.71. The monoisotopic (exact) mass is 195 g/mol. The number of carboxylic acid groups (broad SMARTS) is 1. The maximum atomic E-state index is 10.8.